The summed E-state index contributed by atoms with van der Waals surface area (Å²) in [6.07, 6.45) is 6.43. The molecule has 1 aliphatic rings. The smallest absolute Gasteiger partial charge is 0.256 e. The molecule has 0 radical (unpaired) electrons. The fourth-order valence-corrected chi connectivity index (χ4v) is 4.06. The van der Waals surface area contributed by atoms with Crippen LogP contribution < -0.4 is 0 Å². The van der Waals surface area contributed by atoms with Crippen LogP contribution in [-0.2, 0) is 11.2 Å². The van der Waals surface area contributed by atoms with Crippen LogP contribution in [0.2, 0.25) is 5.02 Å². The summed E-state index contributed by atoms with van der Waals surface area (Å²) in [4.78, 5) is 18.1. The molecule has 0 spiro atoms. The number of halogens is 2. The maximum absolute atomic E-state index is 14.7. The van der Waals surface area contributed by atoms with Crippen LogP contribution in [0, 0.1) is 5.82 Å². The molecule has 0 saturated carbocycles. The second kappa shape index (κ2) is 9.08. The third-order valence-corrected chi connectivity index (χ3v) is 5.68. The van der Waals surface area contributed by atoms with Crippen molar-refractivity contribution in [1.82, 2.24) is 34.9 Å². The zero-order valence-electron chi connectivity index (χ0n) is 17.4. The van der Waals surface area contributed by atoms with Gasteiger partial charge in [0, 0.05) is 11.6 Å². The molecule has 4 aromatic rings. The lowest BCUT2D eigenvalue weighted by atomic mass is 10.0. The Hall–Kier alpha value is -3.63. The molecular formula is C22H19ClFN7O2. The van der Waals surface area contributed by atoms with Gasteiger partial charge in [0.25, 0.3) is 5.91 Å². The van der Waals surface area contributed by atoms with Crippen LogP contribution in [0.25, 0.3) is 11.4 Å². The van der Waals surface area contributed by atoms with Crippen molar-refractivity contribution < 1.29 is 13.9 Å². The van der Waals surface area contributed by atoms with Gasteiger partial charge in [0.15, 0.2) is 0 Å². The highest BCUT2D eigenvalue weighted by molar-refractivity contribution is 6.31. The van der Waals surface area contributed by atoms with Gasteiger partial charge in [-0.3, -0.25) is 4.79 Å². The van der Waals surface area contributed by atoms with E-state index in [2.05, 4.69) is 20.4 Å². The van der Waals surface area contributed by atoms with Crippen LogP contribution in [0.4, 0.5) is 4.39 Å². The largest absolute Gasteiger partial charge is 0.377 e. The molecule has 0 N–H and O–H groups in total. The quantitative estimate of drug-likeness (QED) is 0.448. The summed E-state index contributed by atoms with van der Waals surface area (Å²) in [5.41, 5.74) is 1.95. The number of amides is 1. The van der Waals surface area contributed by atoms with E-state index in [4.69, 9.17) is 16.3 Å². The maximum atomic E-state index is 14.7. The molecule has 1 fully saturated rings. The first-order chi connectivity index (χ1) is 16.1. The number of carbonyl (C=O) groups is 1. The van der Waals surface area contributed by atoms with Gasteiger partial charge in [0.05, 0.1) is 61.0 Å². The Morgan fingerprint density at radius 2 is 1.76 bits per heavy atom. The zero-order chi connectivity index (χ0) is 22.8. The lowest BCUT2D eigenvalue weighted by Gasteiger charge is -2.36. The van der Waals surface area contributed by atoms with Crippen LogP contribution in [0.3, 0.4) is 0 Å². The minimum atomic E-state index is -0.376. The maximum Gasteiger partial charge on any atom is 0.256 e. The summed E-state index contributed by atoms with van der Waals surface area (Å²) in [5, 5.41) is 16.9. The summed E-state index contributed by atoms with van der Waals surface area (Å²) in [6.45, 7) is 1.03. The minimum Gasteiger partial charge on any atom is -0.377 e. The van der Waals surface area contributed by atoms with Crippen molar-refractivity contribution in [3.05, 3.63) is 83.2 Å². The standard InChI is InChI=1S/C22H19ClFN7O2/c23-16-1-4-21(31-27-7-8-28-31)19(13-16)22(32)29-9-10-33-14-18(29)12-15-11-17(2-3-20(15)24)30-25-5-6-26-30/h1-8,11,13,18H,9-10,12,14H2. The molecular weight excluding hydrogens is 449 g/mol. The third kappa shape index (κ3) is 4.35. The molecule has 1 aliphatic heterocycles. The summed E-state index contributed by atoms with van der Waals surface area (Å²) in [6, 6.07) is 9.27. The van der Waals surface area contributed by atoms with E-state index in [1.807, 2.05) is 0 Å². The van der Waals surface area contributed by atoms with Gasteiger partial charge in [-0.25, -0.2) is 4.39 Å². The number of morpholine rings is 1. The van der Waals surface area contributed by atoms with Gasteiger partial charge in [0.2, 0.25) is 0 Å². The summed E-state index contributed by atoms with van der Waals surface area (Å²) in [7, 11) is 0. The van der Waals surface area contributed by atoms with Crippen molar-refractivity contribution in [2.75, 3.05) is 19.8 Å². The molecule has 1 atom stereocenters. The Bertz CT molecular complexity index is 1260. The Morgan fingerprint density at radius 1 is 1.03 bits per heavy atom. The van der Waals surface area contributed by atoms with Crippen LogP contribution >= 0.6 is 11.6 Å². The monoisotopic (exact) mass is 467 g/mol. The summed E-state index contributed by atoms with van der Waals surface area (Å²) < 4.78 is 20.3. The third-order valence-electron chi connectivity index (χ3n) is 5.45. The molecule has 1 unspecified atom stereocenters. The Morgan fingerprint density at radius 3 is 2.52 bits per heavy atom. The van der Waals surface area contributed by atoms with Gasteiger partial charge in [0.1, 0.15) is 5.82 Å². The van der Waals surface area contributed by atoms with Crippen molar-refractivity contribution in [2.45, 2.75) is 12.5 Å². The van der Waals surface area contributed by atoms with E-state index in [-0.39, 0.29) is 30.8 Å². The number of benzene rings is 2. The van der Waals surface area contributed by atoms with Gasteiger partial charge in [-0.15, -0.1) is 0 Å². The number of hydrogen-bond donors (Lipinski definition) is 0. The molecule has 1 amide bonds. The van der Waals surface area contributed by atoms with Crippen molar-refractivity contribution in [3.63, 3.8) is 0 Å². The van der Waals surface area contributed by atoms with E-state index in [0.717, 1.165) is 0 Å². The highest BCUT2D eigenvalue weighted by Gasteiger charge is 2.31. The SMILES string of the molecule is O=C(c1cc(Cl)ccc1-n1nccn1)N1CCOCC1Cc1cc(-n2nccn2)ccc1F. The van der Waals surface area contributed by atoms with Crippen molar-refractivity contribution in [2.24, 2.45) is 0 Å². The van der Waals surface area contributed by atoms with Crippen LogP contribution in [-0.4, -0.2) is 66.6 Å². The normalized spacial score (nSPS) is 16.2. The first-order valence-corrected chi connectivity index (χ1v) is 10.7. The van der Waals surface area contributed by atoms with Crippen LogP contribution in [0.15, 0.2) is 61.2 Å². The Labute approximate surface area is 193 Å². The summed E-state index contributed by atoms with van der Waals surface area (Å²) in [5.74, 6) is -0.614. The average Bonchev–Trinajstić information content (AvgIpc) is 3.55. The molecule has 1 saturated heterocycles. The predicted molar refractivity (Wildman–Crippen MR) is 117 cm³/mol. The topological polar surface area (TPSA) is 91.0 Å². The second-order valence-corrected chi connectivity index (χ2v) is 7.94. The number of ether oxygens (including phenoxy) is 1. The van der Waals surface area contributed by atoms with Crippen molar-refractivity contribution in [3.8, 4) is 11.4 Å². The van der Waals surface area contributed by atoms with Gasteiger partial charge >= 0.3 is 0 Å². The van der Waals surface area contributed by atoms with Crippen molar-refractivity contribution >= 4 is 17.5 Å². The molecule has 168 valence electrons. The highest BCUT2D eigenvalue weighted by Crippen LogP contribution is 2.24. The van der Waals surface area contributed by atoms with E-state index < -0.39 is 0 Å². The predicted octanol–water partition coefficient (Wildman–Crippen LogP) is 2.72. The molecule has 0 bridgehead atoms. The molecule has 11 heteroatoms. The van der Waals surface area contributed by atoms with Crippen LogP contribution in [0.1, 0.15) is 15.9 Å². The van der Waals surface area contributed by atoms with E-state index in [0.29, 0.717) is 40.7 Å². The lowest BCUT2D eigenvalue weighted by Crippen LogP contribution is -2.50. The fourth-order valence-electron chi connectivity index (χ4n) is 3.89. The fraction of sp³-hybridized carbons (Fsp3) is 0.227. The molecule has 0 aliphatic carbocycles. The number of aromatic nitrogens is 6. The molecule has 9 nitrogen and oxygen atoms in total. The Balaban J connectivity index is 1.46. The summed E-state index contributed by atoms with van der Waals surface area (Å²) >= 11 is 6.21. The van der Waals surface area contributed by atoms with E-state index >= 15 is 0 Å². The van der Waals surface area contributed by atoms with Crippen molar-refractivity contribution in [1.29, 1.82) is 0 Å². The zero-order valence-corrected chi connectivity index (χ0v) is 18.1. The molecule has 2 aromatic carbocycles. The first-order valence-electron chi connectivity index (χ1n) is 10.3. The van der Waals surface area contributed by atoms with Gasteiger partial charge < -0.3 is 9.64 Å². The number of rotatable bonds is 5. The molecule has 33 heavy (non-hydrogen) atoms. The number of nitrogens with zero attached hydrogens (tertiary/aromatic N) is 7. The molecule has 2 aromatic heterocycles. The van der Waals surface area contributed by atoms with E-state index in [1.54, 1.807) is 47.6 Å². The lowest BCUT2D eigenvalue weighted by molar-refractivity contribution is -0.00185. The van der Waals surface area contributed by atoms with Gasteiger partial charge in [-0.05, 0) is 48.4 Å². The van der Waals surface area contributed by atoms with Gasteiger partial charge in [-0.1, -0.05) is 11.6 Å². The molecule has 3 heterocycles. The highest BCUT2D eigenvalue weighted by atomic mass is 35.5. The average molecular weight is 468 g/mol. The first kappa shape index (κ1) is 21.2. The van der Waals surface area contributed by atoms with E-state index in [9.17, 15) is 9.18 Å². The minimum absolute atomic E-state index is 0.247. The van der Waals surface area contributed by atoms with Gasteiger partial charge in [-0.2, -0.15) is 30.0 Å². The second-order valence-electron chi connectivity index (χ2n) is 7.51. The Kier molecular flexibility index (Phi) is 5.84. The van der Waals surface area contributed by atoms with Crippen LogP contribution in [0.5, 0.6) is 0 Å². The van der Waals surface area contributed by atoms with E-state index in [1.165, 1.54) is 28.1 Å². The molecule has 5 rings (SSSR count). The number of hydrogen-bond acceptors (Lipinski definition) is 6. The number of carbonyl (C=O) groups excluding carboxylic acids is 1.